The molecule has 1 atom stereocenters. The highest BCUT2D eigenvalue weighted by Crippen LogP contribution is 2.41. The monoisotopic (exact) mass is 351 g/mol. The Bertz CT molecular complexity index is 934. The van der Waals surface area contributed by atoms with Crippen LogP contribution in [0.1, 0.15) is 27.6 Å². The summed E-state index contributed by atoms with van der Waals surface area (Å²) in [5.41, 5.74) is 3.15. The summed E-state index contributed by atoms with van der Waals surface area (Å²) in [6.45, 7) is 2.03. The number of methoxy groups -OCH3 is 1. The van der Waals surface area contributed by atoms with E-state index in [4.69, 9.17) is 4.74 Å². The highest BCUT2D eigenvalue weighted by Gasteiger charge is 2.30. The van der Waals surface area contributed by atoms with Gasteiger partial charge in [0.15, 0.2) is 11.0 Å². The molecular formula is C19H17N3O2S. The van der Waals surface area contributed by atoms with E-state index in [-0.39, 0.29) is 11.2 Å². The van der Waals surface area contributed by atoms with Gasteiger partial charge in [0.25, 0.3) is 5.91 Å². The molecule has 0 fully saturated rings. The number of aryl methyl sites for hydroxylation is 1. The van der Waals surface area contributed by atoms with E-state index >= 15 is 0 Å². The van der Waals surface area contributed by atoms with Gasteiger partial charge in [-0.2, -0.15) is 4.68 Å². The van der Waals surface area contributed by atoms with Crippen LogP contribution in [0.25, 0.3) is 11.4 Å². The van der Waals surface area contributed by atoms with Crippen molar-refractivity contribution >= 4 is 17.7 Å². The first-order valence-electron chi connectivity index (χ1n) is 8.02. The van der Waals surface area contributed by atoms with Crippen LogP contribution in [0.15, 0.2) is 53.7 Å². The lowest BCUT2D eigenvalue weighted by Crippen LogP contribution is -2.20. The molecule has 0 unspecified atom stereocenters. The second kappa shape index (κ2) is 6.37. The van der Waals surface area contributed by atoms with Gasteiger partial charge in [-0.3, -0.25) is 4.79 Å². The Kier molecular flexibility index (Phi) is 4.05. The first-order chi connectivity index (χ1) is 12.1. The smallest absolute Gasteiger partial charge is 0.250 e. The normalized spacial score (nSPS) is 16.6. The van der Waals surface area contributed by atoms with Gasteiger partial charge in [0.2, 0.25) is 0 Å². The predicted octanol–water partition coefficient (Wildman–Crippen LogP) is 4.14. The van der Waals surface area contributed by atoms with Gasteiger partial charge in [0.05, 0.1) is 7.11 Å². The zero-order valence-corrected chi connectivity index (χ0v) is 14.8. The third kappa shape index (κ3) is 3.05. The van der Waals surface area contributed by atoms with Gasteiger partial charge in [-0.1, -0.05) is 47.7 Å². The van der Waals surface area contributed by atoms with Gasteiger partial charge >= 0.3 is 0 Å². The molecule has 0 saturated heterocycles. The van der Waals surface area contributed by atoms with Crippen molar-refractivity contribution < 1.29 is 9.53 Å². The number of nitrogens with zero attached hydrogens (tertiary/aromatic N) is 3. The lowest BCUT2D eigenvalue weighted by molar-refractivity contribution is 0.0868. The van der Waals surface area contributed by atoms with E-state index in [1.165, 1.54) is 4.68 Å². The fourth-order valence-corrected chi connectivity index (χ4v) is 4.02. The highest BCUT2D eigenvalue weighted by molar-refractivity contribution is 7.99. The van der Waals surface area contributed by atoms with E-state index in [2.05, 4.69) is 10.1 Å². The molecule has 25 heavy (non-hydrogen) atoms. The number of fused-ring (bicyclic) bond motifs is 1. The molecule has 3 aromatic rings. The minimum Gasteiger partial charge on any atom is -0.497 e. The van der Waals surface area contributed by atoms with Crippen molar-refractivity contribution in [2.45, 2.75) is 23.8 Å². The molecule has 0 bridgehead atoms. The first kappa shape index (κ1) is 15.9. The van der Waals surface area contributed by atoms with Crippen LogP contribution in [0.3, 0.4) is 0 Å². The summed E-state index contributed by atoms with van der Waals surface area (Å²) < 4.78 is 6.63. The van der Waals surface area contributed by atoms with Crippen LogP contribution in [-0.2, 0) is 0 Å². The number of hydrogen-bond donors (Lipinski definition) is 0. The molecule has 0 saturated carbocycles. The van der Waals surface area contributed by atoms with Crippen LogP contribution in [0.2, 0.25) is 0 Å². The van der Waals surface area contributed by atoms with Crippen molar-refractivity contribution in [2.75, 3.05) is 7.11 Å². The standard InChI is InChI=1S/C19H17N3O2S/c1-12-4-3-5-14(10-12)18-20-19-22(21-18)17(23)11-16(25-19)13-6-8-15(24-2)9-7-13/h3-10,16H,11H2,1-2H3/t16-/m1/s1. The molecule has 0 spiro atoms. The zero-order chi connectivity index (χ0) is 17.4. The van der Waals surface area contributed by atoms with Gasteiger partial charge in [-0.05, 0) is 30.7 Å². The number of thioether (sulfide) groups is 1. The summed E-state index contributed by atoms with van der Waals surface area (Å²) in [6.07, 6.45) is 0.403. The number of carbonyl (C=O) groups is 1. The van der Waals surface area contributed by atoms with E-state index < -0.39 is 0 Å². The average Bonchev–Trinajstić information content (AvgIpc) is 3.07. The Morgan fingerprint density at radius 1 is 1.20 bits per heavy atom. The molecule has 1 aliphatic rings. The Morgan fingerprint density at radius 3 is 2.72 bits per heavy atom. The predicted molar refractivity (Wildman–Crippen MR) is 97.0 cm³/mol. The largest absolute Gasteiger partial charge is 0.497 e. The molecule has 0 N–H and O–H groups in total. The number of ether oxygens (including phenoxy) is 1. The number of carbonyl (C=O) groups excluding carboxylic acids is 1. The maximum absolute atomic E-state index is 12.5. The van der Waals surface area contributed by atoms with Gasteiger partial charge in [-0.15, -0.1) is 5.10 Å². The minimum atomic E-state index is -0.0269. The van der Waals surface area contributed by atoms with E-state index in [9.17, 15) is 4.79 Å². The third-order valence-electron chi connectivity index (χ3n) is 4.19. The van der Waals surface area contributed by atoms with Gasteiger partial charge in [-0.25, -0.2) is 4.98 Å². The lowest BCUT2D eigenvalue weighted by Gasteiger charge is -2.20. The van der Waals surface area contributed by atoms with Crippen LogP contribution in [0, 0.1) is 6.92 Å². The van der Waals surface area contributed by atoms with E-state index in [0.717, 1.165) is 22.4 Å². The number of benzene rings is 2. The minimum absolute atomic E-state index is 0.0269. The molecule has 0 aliphatic carbocycles. The summed E-state index contributed by atoms with van der Waals surface area (Å²) >= 11 is 1.57. The van der Waals surface area contributed by atoms with Crippen LogP contribution in [-0.4, -0.2) is 27.8 Å². The number of hydrogen-bond acceptors (Lipinski definition) is 5. The lowest BCUT2D eigenvalue weighted by atomic mass is 10.1. The molecule has 2 heterocycles. The van der Waals surface area contributed by atoms with Crippen molar-refractivity contribution in [3.8, 4) is 17.1 Å². The van der Waals surface area contributed by atoms with Gasteiger partial charge in [0.1, 0.15) is 5.75 Å². The zero-order valence-electron chi connectivity index (χ0n) is 14.0. The number of aromatic nitrogens is 3. The Hall–Kier alpha value is -2.60. The Balaban J connectivity index is 1.65. The summed E-state index contributed by atoms with van der Waals surface area (Å²) in [5, 5.41) is 5.10. The fourth-order valence-electron chi connectivity index (χ4n) is 2.86. The molecule has 0 radical (unpaired) electrons. The Morgan fingerprint density at radius 2 is 2.00 bits per heavy atom. The maximum Gasteiger partial charge on any atom is 0.250 e. The van der Waals surface area contributed by atoms with Gasteiger partial charge in [0, 0.05) is 17.2 Å². The van der Waals surface area contributed by atoms with Gasteiger partial charge < -0.3 is 4.74 Å². The first-order valence-corrected chi connectivity index (χ1v) is 8.90. The number of rotatable bonds is 3. The molecule has 4 rings (SSSR count). The summed E-state index contributed by atoms with van der Waals surface area (Å²) in [4.78, 5) is 17.1. The summed E-state index contributed by atoms with van der Waals surface area (Å²) in [7, 11) is 1.64. The van der Waals surface area contributed by atoms with Crippen molar-refractivity contribution in [3.63, 3.8) is 0 Å². The summed E-state index contributed by atoms with van der Waals surface area (Å²) in [5.74, 6) is 1.37. The van der Waals surface area contributed by atoms with Crippen LogP contribution in [0.5, 0.6) is 5.75 Å². The summed E-state index contributed by atoms with van der Waals surface area (Å²) in [6, 6.07) is 15.8. The topological polar surface area (TPSA) is 57.0 Å². The molecule has 1 aliphatic heterocycles. The second-order valence-electron chi connectivity index (χ2n) is 5.98. The fraction of sp³-hybridized carbons (Fsp3) is 0.211. The molecule has 1 aromatic heterocycles. The average molecular weight is 351 g/mol. The molecule has 6 heteroatoms. The highest BCUT2D eigenvalue weighted by atomic mass is 32.2. The Labute approximate surface area is 150 Å². The van der Waals surface area contributed by atoms with E-state index in [1.807, 2.05) is 55.5 Å². The van der Waals surface area contributed by atoms with Crippen LogP contribution < -0.4 is 4.74 Å². The SMILES string of the molecule is COc1ccc([C@H]2CC(=O)n3nc(-c4cccc(C)c4)nc3S2)cc1. The molecule has 5 nitrogen and oxygen atoms in total. The van der Waals surface area contributed by atoms with Crippen molar-refractivity contribution in [1.82, 2.24) is 14.8 Å². The third-order valence-corrected chi connectivity index (χ3v) is 5.38. The second-order valence-corrected chi connectivity index (χ2v) is 7.15. The van der Waals surface area contributed by atoms with Crippen molar-refractivity contribution in [1.29, 1.82) is 0 Å². The molecule has 126 valence electrons. The van der Waals surface area contributed by atoms with Crippen molar-refractivity contribution in [3.05, 3.63) is 59.7 Å². The van der Waals surface area contributed by atoms with E-state index in [0.29, 0.717) is 17.4 Å². The van der Waals surface area contributed by atoms with Crippen molar-refractivity contribution in [2.24, 2.45) is 0 Å². The molecular weight excluding hydrogens is 334 g/mol. The molecule has 0 amide bonds. The quantitative estimate of drug-likeness (QED) is 0.710. The van der Waals surface area contributed by atoms with Crippen LogP contribution >= 0.6 is 11.8 Å². The maximum atomic E-state index is 12.5. The van der Waals surface area contributed by atoms with E-state index in [1.54, 1.807) is 18.9 Å². The molecule has 2 aromatic carbocycles. The van der Waals surface area contributed by atoms with Crippen LogP contribution in [0.4, 0.5) is 0 Å².